The van der Waals surface area contributed by atoms with Crippen LogP contribution in [0.2, 0.25) is 0 Å². The van der Waals surface area contributed by atoms with Gasteiger partial charge in [0.25, 0.3) is 0 Å². The minimum Gasteiger partial charge on any atom is -0.487 e. The van der Waals surface area contributed by atoms with E-state index in [0.717, 1.165) is 32.0 Å². The quantitative estimate of drug-likeness (QED) is 0.775. The Kier molecular flexibility index (Phi) is 4.05. The highest BCUT2D eigenvalue weighted by atomic mass is 79.9. The zero-order chi connectivity index (χ0) is 12.4. The molecule has 0 amide bonds. The van der Waals surface area contributed by atoms with Gasteiger partial charge >= 0.3 is 0 Å². The van der Waals surface area contributed by atoms with Gasteiger partial charge in [-0.05, 0) is 41.4 Å². The van der Waals surface area contributed by atoms with Gasteiger partial charge in [-0.15, -0.1) is 0 Å². The minimum atomic E-state index is 0.178. The summed E-state index contributed by atoms with van der Waals surface area (Å²) in [5.74, 6) is 0.818. The van der Waals surface area contributed by atoms with Crippen molar-refractivity contribution in [2.45, 2.75) is 26.4 Å². The molecule has 1 aromatic carbocycles. The van der Waals surface area contributed by atoms with Crippen molar-refractivity contribution in [1.29, 1.82) is 0 Å². The topological polar surface area (TPSA) is 22.1 Å². The molecule has 90 valence electrons. The maximum Gasteiger partial charge on any atom is 0.160 e. The molecular weight excluding hydrogens is 346 g/mol. The van der Waals surface area contributed by atoms with Crippen molar-refractivity contribution >= 4 is 42.8 Å². The molecule has 0 aliphatic rings. The van der Waals surface area contributed by atoms with Gasteiger partial charge in [-0.25, -0.2) is 0 Å². The molecule has 0 bridgehead atoms. The molecule has 0 aliphatic carbocycles. The van der Waals surface area contributed by atoms with Gasteiger partial charge < -0.3 is 4.74 Å². The number of benzene rings is 1. The van der Waals surface area contributed by atoms with Gasteiger partial charge in [-0.2, -0.15) is 0 Å². The summed E-state index contributed by atoms with van der Waals surface area (Å²) in [5.41, 5.74) is 0.883. The lowest BCUT2D eigenvalue weighted by molar-refractivity contribution is 0.218. The van der Waals surface area contributed by atoms with E-state index in [-0.39, 0.29) is 6.10 Å². The number of halogens is 2. The fraction of sp³-hybridized carbons (Fsp3) is 0.308. The van der Waals surface area contributed by atoms with Gasteiger partial charge in [0.1, 0.15) is 5.52 Å². The van der Waals surface area contributed by atoms with Gasteiger partial charge in [0.2, 0.25) is 0 Å². The van der Waals surface area contributed by atoms with E-state index in [2.05, 4.69) is 50.7 Å². The second-order valence-electron chi connectivity index (χ2n) is 3.91. The summed E-state index contributed by atoms with van der Waals surface area (Å²) < 4.78 is 7.88. The predicted molar refractivity (Wildman–Crippen MR) is 77.5 cm³/mol. The highest BCUT2D eigenvalue weighted by Gasteiger charge is 2.13. The Bertz CT molecular complexity index is 542. The molecule has 1 heterocycles. The summed E-state index contributed by atoms with van der Waals surface area (Å²) in [5, 5.41) is 1.06. The number of nitrogens with zero attached hydrogens (tertiary/aromatic N) is 1. The van der Waals surface area contributed by atoms with Crippen LogP contribution in [-0.4, -0.2) is 11.1 Å². The van der Waals surface area contributed by atoms with Crippen molar-refractivity contribution < 1.29 is 4.74 Å². The van der Waals surface area contributed by atoms with Crippen LogP contribution in [-0.2, 0) is 0 Å². The van der Waals surface area contributed by atoms with Crippen molar-refractivity contribution in [2.24, 2.45) is 0 Å². The molecule has 0 radical (unpaired) electrons. The summed E-state index contributed by atoms with van der Waals surface area (Å²) in [6.45, 7) is 4.16. The fourth-order valence-electron chi connectivity index (χ4n) is 1.54. The van der Waals surface area contributed by atoms with Crippen LogP contribution in [0.15, 0.2) is 33.3 Å². The summed E-state index contributed by atoms with van der Waals surface area (Å²) >= 11 is 7.07. The first-order valence-electron chi connectivity index (χ1n) is 5.52. The molecule has 0 N–H and O–H groups in total. The van der Waals surface area contributed by atoms with E-state index >= 15 is 0 Å². The Labute approximate surface area is 118 Å². The molecule has 2 nitrogen and oxygen atoms in total. The summed E-state index contributed by atoms with van der Waals surface area (Å²) in [4.78, 5) is 4.41. The van der Waals surface area contributed by atoms with Crippen molar-refractivity contribution in [3.05, 3.63) is 33.3 Å². The van der Waals surface area contributed by atoms with Gasteiger partial charge in [0.05, 0.1) is 10.6 Å². The molecule has 2 rings (SSSR count). The van der Waals surface area contributed by atoms with E-state index in [1.165, 1.54) is 0 Å². The van der Waals surface area contributed by atoms with E-state index in [9.17, 15) is 0 Å². The van der Waals surface area contributed by atoms with Gasteiger partial charge in [-0.3, -0.25) is 4.98 Å². The van der Waals surface area contributed by atoms with Crippen molar-refractivity contribution in [1.82, 2.24) is 4.98 Å². The van der Waals surface area contributed by atoms with Crippen LogP contribution < -0.4 is 4.74 Å². The monoisotopic (exact) mass is 357 g/mol. The second kappa shape index (κ2) is 5.36. The van der Waals surface area contributed by atoms with Crippen LogP contribution in [0.3, 0.4) is 0 Å². The smallest absolute Gasteiger partial charge is 0.160 e. The van der Waals surface area contributed by atoms with Crippen molar-refractivity contribution in [2.75, 3.05) is 0 Å². The molecule has 0 saturated heterocycles. The van der Waals surface area contributed by atoms with Gasteiger partial charge in [0.15, 0.2) is 5.75 Å². The average molecular weight is 359 g/mol. The van der Waals surface area contributed by atoms with Crippen LogP contribution in [0.5, 0.6) is 5.75 Å². The largest absolute Gasteiger partial charge is 0.487 e. The third-order valence-corrected chi connectivity index (χ3v) is 3.89. The lowest BCUT2D eigenvalue weighted by atomic mass is 10.2. The Morgan fingerprint density at radius 2 is 2.12 bits per heavy atom. The molecule has 17 heavy (non-hydrogen) atoms. The van der Waals surface area contributed by atoms with E-state index in [4.69, 9.17) is 4.74 Å². The first-order valence-corrected chi connectivity index (χ1v) is 7.11. The Hall–Kier alpha value is -0.610. The minimum absolute atomic E-state index is 0.178. The van der Waals surface area contributed by atoms with Crippen molar-refractivity contribution in [3.8, 4) is 5.75 Å². The first-order chi connectivity index (χ1) is 8.13. The zero-order valence-corrected chi connectivity index (χ0v) is 12.9. The summed E-state index contributed by atoms with van der Waals surface area (Å²) in [6, 6.07) is 5.96. The van der Waals surface area contributed by atoms with Crippen molar-refractivity contribution in [3.63, 3.8) is 0 Å². The Morgan fingerprint density at radius 1 is 1.35 bits per heavy atom. The third-order valence-electron chi connectivity index (χ3n) is 2.64. The van der Waals surface area contributed by atoms with Crippen LogP contribution in [0.1, 0.15) is 20.3 Å². The van der Waals surface area contributed by atoms with E-state index < -0.39 is 0 Å². The summed E-state index contributed by atoms with van der Waals surface area (Å²) in [7, 11) is 0. The first kappa shape index (κ1) is 12.8. The third kappa shape index (κ3) is 2.63. The Balaban J connectivity index is 2.61. The Morgan fingerprint density at radius 3 is 2.82 bits per heavy atom. The van der Waals surface area contributed by atoms with Crippen LogP contribution >= 0.6 is 31.9 Å². The average Bonchev–Trinajstić information content (AvgIpc) is 2.34. The van der Waals surface area contributed by atoms with Gasteiger partial charge in [-0.1, -0.05) is 28.9 Å². The van der Waals surface area contributed by atoms with E-state index in [1.54, 1.807) is 6.20 Å². The standard InChI is InChI=1S/C13H13Br2NO/c1-3-8(2)17-13-11(15)7-10(14)9-5-4-6-16-12(9)13/h4-8H,3H2,1-2H3/t8-/m1/s1. The molecule has 0 spiro atoms. The molecule has 4 heteroatoms. The van der Waals surface area contributed by atoms with Crippen LogP contribution in [0.25, 0.3) is 10.9 Å². The number of ether oxygens (including phenoxy) is 1. The predicted octanol–water partition coefficient (Wildman–Crippen LogP) is 4.94. The molecule has 1 aromatic heterocycles. The van der Waals surface area contributed by atoms with E-state index in [1.807, 2.05) is 18.2 Å². The highest BCUT2D eigenvalue weighted by Crippen LogP contribution is 2.37. The van der Waals surface area contributed by atoms with Gasteiger partial charge in [0, 0.05) is 16.1 Å². The SMILES string of the molecule is CC[C@@H](C)Oc1c(Br)cc(Br)c2cccnc12. The lowest BCUT2D eigenvalue weighted by Crippen LogP contribution is -2.10. The maximum atomic E-state index is 5.93. The number of hydrogen-bond donors (Lipinski definition) is 0. The lowest BCUT2D eigenvalue weighted by Gasteiger charge is -2.16. The zero-order valence-electron chi connectivity index (χ0n) is 9.71. The maximum absolute atomic E-state index is 5.93. The molecule has 0 saturated carbocycles. The fourth-order valence-corrected chi connectivity index (χ4v) is 2.91. The number of hydrogen-bond acceptors (Lipinski definition) is 2. The molecule has 0 fully saturated rings. The summed E-state index contributed by atoms with van der Waals surface area (Å²) in [6.07, 6.45) is 2.93. The molecule has 0 unspecified atom stereocenters. The number of rotatable bonds is 3. The number of aromatic nitrogens is 1. The molecule has 0 aliphatic heterocycles. The second-order valence-corrected chi connectivity index (χ2v) is 5.61. The van der Waals surface area contributed by atoms with Crippen LogP contribution in [0.4, 0.5) is 0 Å². The number of fused-ring (bicyclic) bond motifs is 1. The highest BCUT2D eigenvalue weighted by molar-refractivity contribution is 9.11. The molecule has 1 atom stereocenters. The normalized spacial score (nSPS) is 12.7. The molecular formula is C13H13Br2NO. The number of pyridine rings is 1. The van der Waals surface area contributed by atoms with E-state index in [0.29, 0.717) is 0 Å². The molecule has 2 aromatic rings. The van der Waals surface area contributed by atoms with Crippen LogP contribution in [0, 0.1) is 0 Å².